The second-order valence-corrected chi connectivity index (χ2v) is 16.7. The molecule has 8 amide bonds. The van der Waals surface area contributed by atoms with Gasteiger partial charge in [0, 0.05) is 33.9 Å². The number of unbranched alkanes of at least 4 members (excludes halogenated alkanes) is 2. The average Bonchev–Trinajstić information content (AvgIpc) is 3.36. The molecule has 422 valence electrons. The minimum absolute atomic E-state index is 0.0184. The average molecular weight is 1070 g/mol. The van der Waals surface area contributed by atoms with Gasteiger partial charge in [-0.1, -0.05) is 37.1 Å². The Balaban J connectivity index is 3.09. The number of carboxylic acid groups (broad SMARTS) is 2. The van der Waals surface area contributed by atoms with E-state index in [1.165, 1.54) is 20.4 Å². The number of nitrogens with two attached hydrogens (primary N) is 4. The number of benzene rings is 1. The van der Waals surface area contributed by atoms with Crippen LogP contribution in [-0.2, 0) is 73.4 Å². The summed E-state index contributed by atoms with van der Waals surface area (Å²) in [6, 6.07) is -2.23. The Morgan fingerprint density at radius 2 is 0.947 bits per heavy atom. The first-order valence-corrected chi connectivity index (χ1v) is 24.3. The molecule has 0 saturated heterocycles. The van der Waals surface area contributed by atoms with Gasteiger partial charge in [-0.3, -0.25) is 47.9 Å². The Hall–Kier alpha value is -6.73. The van der Waals surface area contributed by atoms with Gasteiger partial charge < -0.3 is 89.3 Å². The van der Waals surface area contributed by atoms with Crippen LogP contribution in [0.15, 0.2) is 29.4 Å². The number of nitrogens with zero attached hydrogens (tertiary/aromatic N) is 1. The van der Waals surface area contributed by atoms with Crippen molar-refractivity contribution < 1.29 is 77.1 Å². The third kappa shape index (κ3) is 30.9. The van der Waals surface area contributed by atoms with Crippen molar-refractivity contribution in [2.24, 2.45) is 28.0 Å². The molecule has 1 aromatic rings. The summed E-state index contributed by atoms with van der Waals surface area (Å²) in [6.07, 6.45) is 0.818. The number of nitrogens with one attached hydrogen (secondary N) is 8. The fraction of sp³-hybridized carbons (Fsp3) is 0.630. The van der Waals surface area contributed by atoms with Crippen LogP contribution >= 0.6 is 0 Å². The Morgan fingerprint density at radius 1 is 0.533 bits per heavy atom. The largest absolute Gasteiger partial charge is 0.481 e. The van der Waals surface area contributed by atoms with Gasteiger partial charge >= 0.3 is 11.9 Å². The van der Waals surface area contributed by atoms with E-state index in [0.717, 1.165) is 0 Å². The molecular weight excluding hydrogens is 991 g/mol. The summed E-state index contributed by atoms with van der Waals surface area (Å²) >= 11 is 0. The Bertz CT molecular complexity index is 1980. The van der Waals surface area contributed by atoms with Gasteiger partial charge in [-0.15, -0.1) is 0 Å². The van der Waals surface area contributed by atoms with E-state index in [-0.39, 0.29) is 58.9 Å². The van der Waals surface area contributed by atoms with Crippen LogP contribution in [0.5, 0.6) is 0 Å². The number of amides is 8. The number of hydrogen-bond donors (Lipinski definition) is 14. The molecule has 0 aliphatic rings. The van der Waals surface area contributed by atoms with Gasteiger partial charge in [-0.25, -0.2) is 5.43 Å². The van der Waals surface area contributed by atoms with Crippen LogP contribution in [-0.4, -0.2) is 192 Å². The summed E-state index contributed by atoms with van der Waals surface area (Å²) in [5, 5.41) is 39.8. The number of aliphatic carboxylic acids is 2. The normalized spacial score (nSPS) is 13.5. The van der Waals surface area contributed by atoms with E-state index in [1.54, 1.807) is 24.3 Å². The molecular formula is C46H77N13O16. The fourth-order valence-electron chi connectivity index (χ4n) is 6.39. The molecule has 0 aliphatic heterocycles. The van der Waals surface area contributed by atoms with Gasteiger partial charge in [0.05, 0.1) is 83.6 Å². The van der Waals surface area contributed by atoms with Crippen molar-refractivity contribution in [2.45, 2.75) is 107 Å². The molecule has 0 spiro atoms. The van der Waals surface area contributed by atoms with E-state index in [0.29, 0.717) is 63.1 Å². The first-order chi connectivity index (χ1) is 35.8. The molecule has 29 nitrogen and oxygen atoms in total. The zero-order chi connectivity index (χ0) is 56.0. The molecule has 0 radical (unpaired) electrons. The summed E-state index contributed by atoms with van der Waals surface area (Å²) in [7, 11) is 2.97. The maximum Gasteiger partial charge on any atom is 0.305 e. The number of methoxy groups -OCH3 is 2. The SMILES string of the molecule is COCCOCCNC(=O)C(CC(=O)O)NC(=O)C(CC(=O)NCc1ccc(/C=N/NC(=O)CC(NC(=O)C(N)CCCCN)C(=O)NC(CC(=O)O)C(=O)NCCOCCOC)cc1)NC(=O)C(N)CCCCN. The summed E-state index contributed by atoms with van der Waals surface area (Å²) in [4.78, 5) is 128. The van der Waals surface area contributed by atoms with Gasteiger partial charge in [0.25, 0.3) is 0 Å². The standard InChI is InChI=1S/C46H77N13O16/c1-72-19-21-74-17-15-51-43(68)35(25-39(62)63)57-45(70)33(55-41(66)31(49)7-3-5-13-47)23-37(60)53-27-29-9-11-30(12-10-29)28-54-59-38(61)24-34(56-42(67)32(50)8-4-6-14-48)46(71)58-36(26-40(64)65)44(69)52-16-18-75-22-20-73-2/h9-12,28,31-36H,3-8,13-27,47-50H2,1-2H3,(H,51,68)(H,52,69)(H,53,60)(H,55,66)(H,56,67)(H,57,70)(H,58,71)(H,59,61)(H,62,63)(H,64,65)/b54-28+. The molecule has 1 aromatic carbocycles. The predicted octanol–water partition coefficient (Wildman–Crippen LogP) is -5.11. The minimum atomic E-state index is -1.63. The lowest BCUT2D eigenvalue weighted by Crippen LogP contribution is -2.57. The number of rotatable bonds is 42. The molecule has 0 saturated carbocycles. The van der Waals surface area contributed by atoms with Crippen molar-refractivity contribution in [3.05, 3.63) is 35.4 Å². The van der Waals surface area contributed by atoms with Crippen molar-refractivity contribution in [1.82, 2.24) is 42.6 Å². The van der Waals surface area contributed by atoms with Crippen molar-refractivity contribution >= 4 is 65.4 Å². The van der Waals surface area contributed by atoms with Crippen molar-refractivity contribution in [1.29, 1.82) is 0 Å². The van der Waals surface area contributed by atoms with Crippen LogP contribution in [0, 0.1) is 0 Å². The van der Waals surface area contributed by atoms with Gasteiger partial charge in [-0.05, 0) is 49.9 Å². The van der Waals surface area contributed by atoms with Crippen molar-refractivity contribution in [2.75, 3.05) is 80.0 Å². The maximum atomic E-state index is 13.5. The van der Waals surface area contributed by atoms with E-state index >= 15 is 0 Å². The second kappa shape index (κ2) is 39.7. The number of hydrazone groups is 1. The van der Waals surface area contributed by atoms with E-state index in [1.807, 2.05) is 0 Å². The lowest BCUT2D eigenvalue weighted by atomic mass is 10.1. The zero-order valence-electron chi connectivity index (χ0n) is 42.6. The van der Waals surface area contributed by atoms with Gasteiger partial charge in [0.15, 0.2) is 0 Å². The zero-order valence-corrected chi connectivity index (χ0v) is 42.6. The summed E-state index contributed by atoms with van der Waals surface area (Å²) in [5.74, 6) is -9.77. The van der Waals surface area contributed by atoms with Crippen LogP contribution in [0.4, 0.5) is 0 Å². The maximum absolute atomic E-state index is 13.5. The predicted molar refractivity (Wildman–Crippen MR) is 269 cm³/mol. The molecule has 0 heterocycles. The topological polar surface area (TPSA) is 461 Å². The molecule has 0 aliphatic carbocycles. The first-order valence-electron chi connectivity index (χ1n) is 24.3. The molecule has 6 atom stereocenters. The fourth-order valence-corrected chi connectivity index (χ4v) is 6.39. The molecule has 18 N–H and O–H groups in total. The van der Waals surface area contributed by atoms with Crippen molar-refractivity contribution in [3.63, 3.8) is 0 Å². The summed E-state index contributed by atoms with van der Waals surface area (Å²) in [5.41, 5.74) is 26.3. The molecule has 0 aromatic heterocycles. The highest BCUT2D eigenvalue weighted by molar-refractivity contribution is 5.98. The smallest absolute Gasteiger partial charge is 0.305 e. The third-order valence-corrected chi connectivity index (χ3v) is 10.5. The lowest BCUT2D eigenvalue weighted by molar-refractivity contribution is -0.141. The second-order valence-electron chi connectivity index (χ2n) is 16.7. The van der Waals surface area contributed by atoms with Gasteiger partial charge in [0.2, 0.25) is 47.3 Å². The van der Waals surface area contributed by atoms with Gasteiger partial charge in [-0.2, -0.15) is 5.10 Å². The number of ether oxygens (including phenoxy) is 4. The molecule has 0 fully saturated rings. The van der Waals surface area contributed by atoms with E-state index in [2.05, 4.69) is 47.7 Å². The molecule has 29 heteroatoms. The summed E-state index contributed by atoms with van der Waals surface area (Å²) in [6.45, 7) is 1.83. The lowest BCUT2D eigenvalue weighted by Gasteiger charge is -2.23. The monoisotopic (exact) mass is 1070 g/mol. The van der Waals surface area contributed by atoms with Crippen LogP contribution in [0.25, 0.3) is 0 Å². The highest BCUT2D eigenvalue weighted by Gasteiger charge is 2.33. The first kappa shape index (κ1) is 66.3. The minimum Gasteiger partial charge on any atom is -0.481 e. The highest BCUT2D eigenvalue weighted by atomic mass is 16.5. The Kier molecular flexibility index (Phi) is 35.1. The highest BCUT2D eigenvalue weighted by Crippen LogP contribution is 2.07. The van der Waals surface area contributed by atoms with Gasteiger partial charge in [0.1, 0.15) is 24.2 Å². The van der Waals surface area contributed by atoms with Crippen LogP contribution in [0.2, 0.25) is 0 Å². The molecule has 0 bridgehead atoms. The van der Waals surface area contributed by atoms with Crippen LogP contribution < -0.4 is 65.6 Å². The quantitative estimate of drug-likeness (QED) is 0.0165. The van der Waals surface area contributed by atoms with Crippen molar-refractivity contribution in [3.8, 4) is 0 Å². The molecule has 6 unspecified atom stereocenters. The van der Waals surface area contributed by atoms with Crippen LogP contribution in [0.1, 0.15) is 75.3 Å². The number of carboxylic acids is 2. The Labute approximate surface area is 434 Å². The van der Waals surface area contributed by atoms with E-state index < -0.39 is 121 Å². The van der Waals surface area contributed by atoms with E-state index in [4.69, 9.17) is 41.9 Å². The summed E-state index contributed by atoms with van der Waals surface area (Å²) < 4.78 is 20.3. The molecule has 75 heavy (non-hydrogen) atoms. The molecule has 1 rings (SSSR count). The Morgan fingerprint density at radius 3 is 1.36 bits per heavy atom. The van der Waals surface area contributed by atoms with E-state index in [9.17, 15) is 58.2 Å². The van der Waals surface area contributed by atoms with Crippen LogP contribution in [0.3, 0.4) is 0 Å². The number of carbonyl (C=O) groups is 10. The third-order valence-electron chi connectivity index (χ3n) is 10.5. The number of hydrogen-bond acceptors (Lipinski definition) is 19. The number of carbonyl (C=O) groups excluding carboxylic acids is 8.